The Kier molecular flexibility index (Phi) is 4.49. The van der Waals surface area contributed by atoms with E-state index in [4.69, 9.17) is 15.2 Å². The van der Waals surface area contributed by atoms with Crippen LogP contribution in [0.1, 0.15) is 13.3 Å². The van der Waals surface area contributed by atoms with Gasteiger partial charge in [-0.3, -0.25) is 0 Å². The number of nitrogen functional groups attached to an aromatic ring is 1. The van der Waals surface area contributed by atoms with E-state index in [0.29, 0.717) is 13.0 Å². The molecule has 2 N–H and O–H groups in total. The fourth-order valence-corrected chi connectivity index (χ4v) is 1.19. The summed E-state index contributed by atoms with van der Waals surface area (Å²) < 4.78 is 36.5. The number of nitrogens with two attached hydrogens (primary N) is 1. The molecule has 3 nitrogen and oxygen atoms in total. The number of ether oxygens (including phenoxy) is 2. The van der Waals surface area contributed by atoms with Gasteiger partial charge in [0.25, 0.3) is 0 Å². The van der Waals surface area contributed by atoms with Crippen LogP contribution in [0.15, 0.2) is 12.1 Å². The fourth-order valence-electron chi connectivity index (χ4n) is 1.19. The first kappa shape index (κ1) is 12.7. The third-order valence-corrected chi connectivity index (χ3v) is 2.11. The summed E-state index contributed by atoms with van der Waals surface area (Å²) in [5, 5.41) is 0. The Morgan fingerprint density at radius 1 is 1.31 bits per heavy atom. The molecule has 90 valence electrons. The molecule has 16 heavy (non-hydrogen) atoms. The van der Waals surface area contributed by atoms with Crippen LogP contribution >= 0.6 is 0 Å². The maximum Gasteiger partial charge on any atom is 0.167 e. The smallest absolute Gasteiger partial charge is 0.167 e. The van der Waals surface area contributed by atoms with Crippen LogP contribution in [0.25, 0.3) is 0 Å². The van der Waals surface area contributed by atoms with Crippen molar-refractivity contribution >= 4 is 5.69 Å². The zero-order valence-electron chi connectivity index (χ0n) is 9.30. The molecule has 0 aliphatic rings. The zero-order valence-corrected chi connectivity index (χ0v) is 9.30. The van der Waals surface area contributed by atoms with E-state index in [1.54, 1.807) is 14.0 Å². The Hall–Kier alpha value is -1.36. The van der Waals surface area contributed by atoms with Gasteiger partial charge in [-0.1, -0.05) is 0 Å². The number of rotatable bonds is 5. The van der Waals surface area contributed by atoms with E-state index in [-0.39, 0.29) is 17.5 Å². The lowest BCUT2D eigenvalue weighted by Gasteiger charge is -2.15. The topological polar surface area (TPSA) is 44.5 Å². The van der Waals surface area contributed by atoms with Gasteiger partial charge in [0.1, 0.15) is 5.82 Å². The molecule has 1 atom stereocenters. The summed E-state index contributed by atoms with van der Waals surface area (Å²) in [4.78, 5) is 0. The highest BCUT2D eigenvalue weighted by atomic mass is 19.1. The highest BCUT2D eigenvalue weighted by Crippen LogP contribution is 2.24. The number of hydrogen-bond donors (Lipinski definition) is 1. The van der Waals surface area contributed by atoms with E-state index in [9.17, 15) is 8.78 Å². The minimum absolute atomic E-state index is 0.129. The van der Waals surface area contributed by atoms with Crippen molar-refractivity contribution in [1.29, 1.82) is 0 Å². The van der Waals surface area contributed by atoms with Gasteiger partial charge in [0.05, 0.1) is 11.8 Å². The summed E-state index contributed by atoms with van der Waals surface area (Å²) in [5.41, 5.74) is 4.98. The molecule has 1 aromatic rings. The van der Waals surface area contributed by atoms with Crippen molar-refractivity contribution in [3.8, 4) is 5.75 Å². The average molecular weight is 231 g/mol. The number of hydrogen-bond acceptors (Lipinski definition) is 3. The predicted molar refractivity (Wildman–Crippen MR) is 57.4 cm³/mol. The molecule has 0 radical (unpaired) electrons. The molecule has 0 aromatic heterocycles. The highest BCUT2D eigenvalue weighted by molar-refractivity contribution is 5.44. The summed E-state index contributed by atoms with van der Waals surface area (Å²) in [6, 6.07) is 1.86. The van der Waals surface area contributed by atoms with Crippen molar-refractivity contribution < 1.29 is 18.3 Å². The Balaban J connectivity index is 2.69. The largest absolute Gasteiger partial charge is 0.487 e. The molecule has 0 heterocycles. The van der Waals surface area contributed by atoms with Gasteiger partial charge >= 0.3 is 0 Å². The third-order valence-electron chi connectivity index (χ3n) is 2.11. The Labute approximate surface area is 93.2 Å². The van der Waals surface area contributed by atoms with Gasteiger partial charge in [-0.2, -0.15) is 0 Å². The molecule has 0 saturated heterocycles. The third kappa shape index (κ3) is 3.34. The van der Waals surface area contributed by atoms with Gasteiger partial charge in [0, 0.05) is 32.3 Å². The lowest BCUT2D eigenvalue weighted by atomic mass is 10.2. The Bertz CT molecular complexity index is 358. The molecule has 0 aliphatic carbocycles. The van der Waals surface area contributed by atoms with Crippen LogP contribution in [-0.4, -0.2) is 19.8 Å². The van der Waals surface area contributed by atoms with Gasteiger partial charge in [0.2, 0.25) is 0 Å². The molecule has 0 spiro atoms. The first-order chi connectivity index (χ1) is 7.54. The second-order valence-corrected chi connectivity index (χ2v) is 3.51. The van der Waals surface area contributed by atoms with Crippen LogP contribution in [-0.2, 0) is 4.74 Å². The van der Waals surface area contributed by atoms with E-state index >= 15 is 0 Å². The van der Waals surface area contributed by atoms with Crippen LogP contribution in [0.2, 0.25) is 0 Å². The van der Waals surface area contributed by atoms with E-state index in [0.717, 1.165) is 12.1 Å². The maximum atomic E-state index is 13.3. The Morgan fingerprint density at radius 2 is 2.00 bits per heavy atom. The van der Waals surface area contributed by atoms with E-state index < -0.39 is 11.6 Å². The van der Waals surface area contributed by atoms with Crippen molar-refractivity contribution in [3.63, 3.8) is 0 Å². The van der Waals surface area contributed by atoms with Gasteiger partial charge < -0.3 is 15.2 Å². The SMILES string of the molecule is COCCC(C)Oc1cc(F)c(N)cc1F. The summed E-state index contributed by atoms with van der Waals surface area (Å²) in [6.45, 7) is 2.26. The lowest BCUT2D eigenvalue weighted by Crippen LogP contribution is -2.15. The molecular formula is C11H15F2NO2. The quantitative estimate of drug-likeness (QED) is 0.791. The molecule has 1 unspecified atom stereocenters. The van der Waals surface area contributed by atoms with Crippen molar-refractivity contribution in [2.75, 3.05) is 19.5 Å². The average Bonchev–Trinajstić information content (AvgIpc) is 2.23. The van der Waals surface area contributed by atoms with E-state index in [1.807, 2.05) is 0 Å². The lowest BCUT2D eigenvalue weighted by molar-refractivity contribution is 0.132. The van der Waals surface area contributed by atoms with Crippen molar-refractivity contribution in [3.05, 3.63) is 23.8 Å². The van der Waals surface area contributed by atoms with E-state index in [2.05, 4.69) is 0 Å². The number of anilines is 1. The monoisotopic (exact) mass is 231 g/mol. The molecule has 0 aliphatic heterocycles. The number of halogens is 2. The minimum atomic E-state index is -0.685. The molecule has 0 saturated carbocycles. The minimum Gasteiger partial charge on any atom is -0.487 e. The molecule has 5 heteroatoms. The second-order valence-electron chi connectivity index (χ2n) is 3.51. The molecule has 1 rings (SSSR count). The first-order valence-corrected chi connectivity index (χ1v) is 4.94. The Morgan fingerprint density at radius 3 is 2.62 bits per heavy atom. The zero-order chi connectivity index (χ0) is 12.1. The summed E-state index contributed by atoms with van der Waals surface area (Å²) in [5.74, 6) is -1.48. The molecule has 0 bridgehead atoms. The van der Waals surface area contributed by atoms with Crippen LogP contribution in [0.3, 0.4) is 0 Å². The number of methoxy groups -OCH3 is 1. The van der Waals surface area contributed by atoms with Crippen LogP contribution in [0, 0.1) is 11.6 Å². The normalized spacial score (nSPS) is 12.5. The predicted octanol–water partition coefficient (Wildman–Crippen LogP) is 2.35. The van der Waals surface area contributed by atoms with Crippen molar-refractivity contribution in [2.24, 2.45) is 0 Å². The van der Waals surface area contributed by atoms with Gasteiger partial charge in [-0.15, -0.1) is 0 Å². The summed E-state index contributed by atoms with van der Waals surface area (Å²) in [7, 11) is 1.57. The van der Waals surface area contributed by atoms with Gasteiger partial charge in [0.15, 0.2) is 11.6 Å². The standard InChI is InChI=1S/C11H15F2NO2/c1-7(3-4-15-2)16-11-6-8(12)10(14)5-9(11)13/h5-7H,3-4,14H2,1-2H3. The highest BCUT2D eigenvalue weighted by Gasteiger charge is 2.12. The molecule has 1 aromatic carbocycles. The fraction of sp³-hybridized carbons (Fsp3) is 0.455. The second kappa shape index (κ2) is 5.65. The maximum absolute atomic E-state index is 13.3. The summed E-state index contributed by atoms with van der Waals surface area (Å²) in [6.07, 6.45) is 0.347. The van der Waals surface area contributed by atoms with Crippen LogP contribution < -0.4 is 10.5 Å². The molecular weight excluding hydrogens is 216 g/mol. The van der Waals surface area contributed by atoms with Gasteiger partial charge in [-0.25, -0.2) is 8.78 Å². The van der Waals surface area contributed by atoms with Crippen LogP contribution in [0.5, 0.6) is 5.75 Å². The number of benzene rings is 1. The molecule has 0 fully saturated rings. The van der Waals surface area contributed by atoms with E-state index in [1.165, 1.54) is 0 Å². The van der Waals surface area contributed by atoms with Crippen molar-refractivity contribution in [1.82, 2.24) is 0 Å². The van der Waals surface area contributed by atoms with Crippen molar-refractivity contribution in [2.45, 2.75) is 19.4 Å². The summed E-state index contributed by atoms with van der Waals surface area (Å²) >= 11 is 0. The van der Waals surface area contributed by atoms with Crippen LogP contribution in [0.4, 0.5) is 14.5 Å². The molecule has 0 amide bonds. The first-order valence-electron chi connectivity index (χ1n) is 4.94. The van der Waals surface area contributed by atoms with Gasteiger partial charge in [-0.05, 0) is 6.92 Å².